The lowest BCUT2D eigenvalue weighted by Gasteiger charge is -2.39. The largest absolute Gasteiger partial charge is 0.444 e. The summed E-state index contributed by atoms with van der Waals surface area (Å²) < 4.78 is 11.3. The quantitative estimate of drug-likeness (QED) is 0.804. The van der Waals surface area contributed by atoms with E-state index < -0.39 is 5.60 Å². The normalized spacial score (nSPS) is 25.2. The Hall–Kier alpha value is -0.810. The highest BCUT2D eigenvalue weighted by Crippen LogP contribution is 2.30. The van der Waals surface area contributed by atoms with E-state index in [4.69, 9.17) is 9.47 Å². The molecule has 0 aromatic carbocycles. The van der Waals surface area contributed by atoms with E-state index in [1.165, 1.54) is 0 Å². The molecule has 1 heterocycles. The van der Waals surface area contributed by atoms with Crippen LogP contribution in [-0.2, 0) is 9.47 Å². The Labute approximate surface area is 122 Å². The van der Waals surface area contributed by atoms with E-state index in [1.807, 2.05) is 20.8 Å². The van der Waals surface area contributed by atoms with E-state index in [0.717, 1.165) is 6.42 Å². The van der Waals surface area contributed by atoms with Crippen LogP contribution in [0, 0.1) is 5.41 Å². The summed E-state index contributed by atoms with van der Waals surface area (Å²) in [6.07, 6.45) is 0.168. The Morgan fingerprint density at radius 3 is 2.35 bits per heavy atom. The van der Waals surface area contributed by atoms with E-state index in [2.05, 4.69) is 20.8 Å². The third-order valence-electron chi connectivity index (χ3n) is 3.26. The van der Waals surface area contributed by atoms with Gasteiger partial charge >= 0.3 is 6.09 Å². The highest BCUT2D eigenvalue weighted by atomic mass is 16.6. The lowest BCUT2D eigenvalue weighted by atomic mass is 9.84. The predicted molar refractivity (Wildman–Crippen MR) is 77.6 cm³/mol. The van der Waals surface area contributed by atoms with Crippen molar-refractivity contribution >= 4 is 6.09 Å². The molecule has 0 aromatic heterocycles. The molecule has 2 atom stereocenters. The van der Waals surface area contributed by atoms with Crippen LogP contribution in [0.1, 0.15) is 48.0 Å². The van der Waals surface area contributed by atoms with Gasteiger partial charge in [-0.2, -0.15) is 0 Å². The van der Waals surface area contributed by atoms with Crippen LogP contribution in [0.15, 0.2) is 0 Å². The Morgan fingerprint density at radius 2 is 1.90 bits per heavy atom. The Kier molecular flexibility index (Phi) is 5.44. The van der Waals surface area contributed by atoms with E-state index in [0.29, 0.717) is 13.2 Å². The van der Waals surface area contributed by atoms with Crippen molar-refractivity contribution < 1.29 is 19.4 Å². The molecule has 1 saturated heterocycles. The number of hydrogen-bond donors (Lipinski definition) is 1. The van der Waals surface area contributed by atoms with Crippen LogP contribution < -0.4 is 0 Å². The topological polar surface area (TPSA) is 59.0 Å². The fraction of sp³-hybridized carbons (Fsp3) is 0.933. The molecule has 0 saturated carbocycles. The second kappa shape index (κ2) is 6.31. The van der Waals surface area contributed by atoms with Gasteiger partial charge in [0.1, 0.15) is 5.60 Å². The monoisotopic (exact) mass is 287 g/mol. The van der Waals surface area contributed by atoms with Gasteiger partial charge in [0.2, 0.25) is 0 Å². The number of carbonyl (C=O) groups excluding carboxylic acids is 1. The van der Waals surface area contributed by atoms with Gasteiger partial charge in [-0.1, -0.05) is 20.8 Å². The van der Waals surface area contributed by atoms with Gasteiger partial charge in [0.05, 0.1) is 18.8 Å². The second-order valence-electron chi connectivity index (χ2n) is 7.43. The summed E-state index contributed by atoms with van der Waals surface area (Å²) in [7, 11) is 0. The highest BCUT2D eigenvalue weighted by molar-refractivity contribution is 5.68. The number of aliphatic hydroxyl groups is 1. The molecule has 1 amide bonds. The number of amides is 1. The first-order valence-corrected chi connectivity index (χ1v) is 7.28. The van der Waals surface area contributed by atoms with Gasteiger partial charge in [0.15, 0.2) is 0 Å². The molecule has 0 spiro atoms. The molecule has 5 heteroatoms. The summed E-state index contributed by atoms with van der Waals surface area (Å²) in [6.45, 7) is 12.7. The summed E-state index contributed by atoms with van der Waals surface area (Å²) in [5, 5.41) is 9.74. The minimum absolute atomic E-state index is 0.124. The molecule has 1 unspecified atom stereocenters. The summed E-state index contributed by atoms with van der Waals surface area (Å²) in [4.78, 5) is 14.0. The summed E-state index contributed by atoms with van der Waals surface area (Å²) >= 11 is 0. The fourth-order valence-electron chi connectivity index (χ4n) is 2.45. The van der Waals surface area contributed by atoms with E-state index in [1.54, 1.807) is 4.90 Å². The molecule has 0 bridgehead atoms. The number of aliphatic hydroxyl groups excluding tert-OH is 1. The van der Waals surface area contributed by atoms with Gasteiger partial charge < -0.3 is 19.5 Å². The molecule has 1 N–H and O–H groups in total. The molecule has 1 aliphatic rings. The molecule has 20 heavy (non-hydrogen) atoms. The minimum atomic E-state index is -0.540. The van der Waals surface area contributed by atoms with E-state index in [9.17, 15) is 9.90 Å². The average Bonchev–Trinajstić information content (AvgIpc) is 2.47. The molecule has 1 fully saturated rings. The van der Waals surface area contributed by atoms with Crippen molar-refractivity contribution in [3.63, 3.8) is 0 Å². The van der Waals surface area contributed by atoms with Crippen LogP contribution in [0.25, 0.3) is 0 Å². The molecule has 1 aliphatic heterocycles. The third kappa shape index (κ3) is 4.63. The van der Waals surface area contributed by atoms with Crippen molar-refractivity contribution in [2.75, 3.05) is 19.8 Å². The van der Waals surface area contributed by atoms with Crippen LogP contribution in [0.2, 0.25) is 0 Å². The molecule has 0 aromatic rings. The van der Waals surface area contributed by atoms with Crippen molar-refractivity contribution in [1.29, 1.82) is 0 Å². The van der Waals surface area contributed by atoms with Crippen molar-refractivity contribution in [3.8, 4) is 0 Å². The Bertz CT molecular complexity index is 330. The van der Waals surface area contributed by atoms with Crippen LogP contribution >= 0.6 is 0 Å². The van der Waals surface area contributed by atoms with Crippen LogP contribution in [0.3, 0.4) is 0 Å². The zero-order valence-corrected chi connectivity index (χ0v) is 13.6. The summed E-state index contributed by atoms with van der Waals surface area (Å²) in [5.41, 5.74) is -0.695. The van der Waals surface area contributed by atoms with Crippen LogP contribution in [0.5, 0.6) is 0 Å². The number of rotatable bonds is 1. The lowest BCUT2D eigenvalue weighted by Crippen LogP contribution is -2.54. The van der Waals surface area contributed by atoms with Crippen molar-refractivity contribution in [3.05, 3.63) is 0 Å². The second-order valence-corrected chi connectivity index (χ2v) is 7.43. The Balaban J connectivity index is 2.94. The maximum Gasteiger partial charge on any atom is 0.410 e. The van der Waals surface area contributed by atoms with Gasteiger partial charge in [-0.25, -0.2) is 4.79 Å². The third-order valence-corrected chi connectivity index (χ3v) is 3.26. The van der Waals surface area contributed by atoms with Gasteiger partial charge in [0.25, 0.3) is 0 Å². The Morgan fingerprint density at radius 1 is 1.30 bits per heavy atom. The molecule has 0 radical (unpaired) electrons. The molecule has 1 rings (SSSR count). The summed E-state index contributed by atoms with van der Waals surface area (Å²) in [6, 6.07) is -0.368. The smallest absolute Gasteiger partial charge is 0.410 e. The molecular weight excluding hydrogens is 258 g/mol. The average molecular weight is 287 g/mol. The number of nitrogens with zero attached hydrogens (tertiary/aromatic N) is 1. The van der Waals surface area contributed by atoms with Crippen LogP contribution in [-0.4, -0.2) is 53.6 Å². The molecular formula is C15H29NO4. The van der Waals surface area contributed by atoms with Gasteiger partial charge in [0, 0.05) is 13.2 Å². The minimum Gasteiger partial charge on any atom is -0.444 e. The maximum absolute atomic E-state index is 12.3. The van der Waals surface area contributed by atoms with Gasteiger partial charge in [-0.3, -0.25) is 0 Å². The zero-order chi connectivity index (χ0) is 15.6. The SMILES string of the molecule is CC(C)(C)OC(=O)N1CCCO[C@H](C(C)(C)C)C1CO. The van der Waals surface area contributed by atoms with E-state index >= 15 is 0 Å². The molecule has 0 aliphatic carbocycles. The van der Waals surface area contributed by atoms with Crippen molar-refractivity contribution in [1.82, 2.24) is 4.90 Å². The zero-order valence-electron chi connectivity index (χ0n) is 13.6. The van der Waals surface area contributed by atoms with Gasteiger partial charge in [-0.15, -0.1) is 0 Å². The molecule has 5 nitrogen and oxygen atoms in total. The standard InChI is InChI=1S/C15H29NO4/c1-14(2,3)12-11(10-17)16(8-7-9-19-12)13(18)20-15(4,5)6/h11-12,17H,7-10H2,1-6H3/t11?,12-/m0/s1. The predicted octanol–water partition coefficient (Wildman–Crippen LogP) is 2.42. The van der Waals surface area contributed by atoms with E-state index in [-0.39, 0.29) is 30.3 Å². The van der Waals surface area contributed by atoms with Crippen molar-refractivity contribution in [2.24, 2.45) is 5.41 Å². The fourth-order valence-corrected chi connectivity index (χ4v) is 2.45. The summed E-state index contributed by atoms with van der Waals surface area (Å²) in [5.74, 6) is 0. The first kappa shape index (κ1) is 17.2. The number of ether oxygens (including phenoxy) is 2. The number of carbonyl (C=O) groups is 1. The highest BCUT2D eigenvalue weighted by Gasteiger charge is 2.41. The first-order valence-electron chi connectivity index (χ1n) is 7.28. The number of hydrogen-bond acceptors (Lipinski definition) is 4. The first-order chi connectivity index (χ1) is 9.06. The molecule has 118 valence electrons. The maximum atomic E-state index is 12.3. The van der Waals surface area contributed by atoms with Gasteiger partial charge in [-0.05, 0) is 32.6 Å². The van der Waals surface area contributed by atoms with Crippen LogP contribution in [0.4, 0.5) is 4.79 Å². The van der Waals surface area contributed by atoms with Crippen molar-refractivity contribution in [2.45, 2.75) is 65.7 Å². The lowest BCUT2D eigenvalue weighted by molar-refractivity contribution is -0.0675.